The average Bonchev–Trinajstić information content (AvgIpc) is 2.87. The quantitative estimate of drug-likeness (QED) is 0.262. The maximum atomic E-state index is 13.0. The summed E-state index contributed by atoms with van der Waals surface area (Å²) < 4.78 is 17.2. The molecule has 6 N–H and O–H groups in total. The summed E-state index contributed by atoms with van der Waals surface area (Å²) in [5, 5.41) is 61.6. The van der Waals surface area contributed by atoms with Crippen LogP contribution < -0.4 is 5.43 Å². The van der Waals surface area contributed by atoms with Crippen molar-refractivity contribution >= 4 is 16.9 Å². The molecule has 0 aliphatic carbocycles. The van der Waals surface area contributed by atoms with Gasteiger partial charge in [0.1, 0.15) is 52.8 Å². The molecule has 11 nitrogen and oxygen atoms in total. The van der Waals surface area contributed by atoms with Gasteiger partial charge in [-0.3, -0.25) is 9.59 Å². The number of aliphatic hydroxyl groups is 3. The molecule has 198 valence electrons. The molecule has 0 amide bonds. The number of hydrogen-bond donors (Lipinski definition) is 6. The second kappa shape index (κ2) is 10.4. The lowest BCUT2D eigenvalue weighted by Crippen LogP contribution is -2.56. The number of fused-ring (bicyclic) bond motifs is 1. The van der Waals surface area contributed by atoms with Crippen molar-refractivity contribution in [2.75, 3.05) is 6.61 Å². The first kappa shape index (κ1) is 26.4. The van der Waals surface area contributed by atoms with E-state index in [0.29, 0.717) is 12.0 Å². The number of rotatable bonds is 6. The zero-order valence-corrected chi connectivity index (χ0v) is 20.1. The SMILES string of the molecule is CC[C@H](C)C(=O)O[C@@H]1[C@@H](O)[C@H](O)[C@@H](CO)O[C@H]1c1c(O)cc(O)c2c(=O)cc(-c3ccc(O)cc3)oc12. The summed E-state index contributed by atoms with van der Waals surface area (Å²) in [7, 11) is 0. The molecule has 3 aromatic rings. The van der Waals surface area contributed by atoms with Gasteiger partial charge in [0.2, 0.25) is 0 Å². The summed E-state index contributed by atoms with van der Waals surface area (Å²) >= 11 is 0. The minimum absolute atomic E-state index is 0.0204. The zero-order valence-electron chi connectivity index (χ0n) is 20.1. The molecule has 1 fully saturated rings. The molecule has 0 radical (unpaired) electrons. The summed E-state index contributed by atoms with van der Waals surface area (Å²) in [6.45, 7) is 2.64. The smallest absolute Gasteiger partial charge is 0.309 e. The van der Waals surface area contributed by atoms with Crippen LogP contribution in [0.25, 0.3) is 22.3 Å². The van der Waals surface area contributed by atoms with E-state index in [4.69, 9.17) is 13.9 Å². The van der Waals surface area contributed by atoms with Crippen LogP contribution in [-0.2, 0) is 14.3 Å². The Labute approximate surface area is 210 Å². The second-order valence-corrected chi connectivity index (χ2v) is 9.02. The van der Waals surface area contributed by atoms with E-state index in [0.717, 1.165) is 12.1 Å². The molecular weight excluding hydrogens is 488 g/mol. The molecule has 37 heavy (non-hydrogen) atoms. The molecule has 0 saturated carbocycles. The fourth-order valence-electron chi connectivity index (χ4n) is 4.24. The van der Waals surface area contributed by atoms with Crippen molar-refractivity contribution in [2.24, 2.45) is 5.92 Å². The van der Waals surface area contributed by atoms with Crippen LogP contribution in [0.3, 0.4) is 0 Å². The average molecular weight is 516 g/mol. The standard InChI is InChI=1S/C26H28O11/c1-3-11(2)26(34)37-25-22(33)21(32)18(10-27)36-24(25)20-15(30)8-14(29)19-16(31)9-17(35-23(19)20)12-4-6-13(28)7-5-12/h4-9,11,18,21-22,24-25,27-30,32-33H,3,10H2,1-2H3/t11-,18+,21+,22-,24-,25+/m0/s1. The Bertz CT molecular complexity index is 1350. The maximum absolute atomic E-state index is 13.0. The summed E-state index contributed by atoms with van der Waals surface area (Å²) in [6.07, 6.45) is -7.37. The molecule has 11 heteroatoms. The van der Waals surface area contributed by atoms with Crippen LogP contribution in [0, 0.1) is 5.92 Å². The Morgan fingerprint density at radius 1 is 1.05 bits per heavy atom. The van der Waals surface area contributed by atoms with E-state index in [9.17, 15) is 40.2 Å². The van der Waals surface area contributed by atoms with E-state index < -0.39 is 65.9 Å². The van der Waals surface area contributed by atoms with Gasteiger partial charge in [0, 0.05) is 17.7 Å². The molecule has 1 aromatic heterocycles. The number of phenolic OH excluding ortho intramolecular Hbond substituents is 3. The normalized spacial score (nSPS) is 24.6. The second-order valence-electron chi connectivity index (χ2n) is 9.02. The Hall–Kier alpha value is -3.64. The molecule has 2 heterocycles. The van der Waals surface area contributed by atoms with Gasteiger partial charge >= 0.3 is 5.97 Å². The van der Waals surface area contributed by atoms with Crippen LogP contribution in [-0.4, -0.2) is 67.6 Å². The van der Waals surface area contributed by atoms with Crippen molar-refractivity contribution in [3.05, 3.63) is 52.2 Å². The molecule has 0 spiro atoms. The Morgan fingerprint density at radius 2 is 1.73 bits per heavy atom. The lowest BCUT2D eigenvalue weighted by atomic mass is 9.89. The minimum Gasteiger partial charge on any atom is -0.508 e. The number of carbonyl (C=O) groups excluding carboxylic acids is 1. The zero-order chi connectivity index (χ0) is 27.0. The van der Waals surface area contributed by atoms with E-state index in [1.54, 1.807) is 13.8 Å². The highest BCUT2D eigenvalue weighted by Crippen LogP contribution is 2.44. The lowest BCUT2D eigenvalue weighted by molar-refractivity contribution is -0.242. The number of aromatic hydroxyl groups is 3. The molecule has 2 aromatic carbocycles. The number of phenols is 3. The van der Waals surface area contributed by atoms with Gasteiger partial charge in [-0.1, -0.05) is 13.8 Å². The molecule has 6 atom stereocenters. The van der Waals surface area contributed by atoms with Gasteiger partial charge in [-0.2, -0.15) is 0 Å². The lowest BCUT2D eigenvalue weighted by Gasteiger charge is -2.42. The van der Waals surface area contributed by atoms with Gasteiger partial charge in [-0.25, -0.2) is 0 Å². The van der Waals surface area contributed by atoms with Crippen LogP contribution in [0.2, 0.25) is 0 Å². The largest absolute Gasteiger partial charge is 0.508 e. The third-order valence-electron chi connectivity index (χ3n) is 6.57. The third kappa shape index (κ3) is 4.86. The van der Waals surface area contributed by atoms with Crippen LogP contribution in [0.15, 0.2) is 45.6 Å². The highest BCUT2D eigenvalue weighted by molar-refractivity contribution is 5.89. The van der Waals surface area contributed by atoms with Crippen molar-refractivity contribution < 1.29 is 49.3 Å². The van der Waals surface area contributed by atoms with Crippen LogP contribution in [0.4, 0.5) is 0 Å². The van der Waals surface area contributed by atoms with Crippen LogP contribution >= 0.6 is 0 Å². The van der Waals surface area contributed by atoms with Gasteiger partial charge in [0.15, 0.2) is 17.1 Å². The first-order chi connectivity index (χ1) is 17.6. The summed E-state index contributed by atoms with van der Waals surface area (Å²) in [5.41, 5.74) is -0.843. The van der Waals surface area contributed by atoms with Crippen molar-refractivity contribution in [1.82, 2.24) is 0 Å². The monoisotopic (exact) mass is 516 g/mol. The maximum Gasteiger partial charge on any atom is 0.309 e. The third-order valence-corrected chi connectivity index (χ3v) is 6.57. The van der Waals surface area contributed by atoms with E-state index in [2.05, 4.69) is 0 Å². The predicted molar refractivity (Wildman–Crippen MR) is 129 cm³/mol. The van der Waals surface area contributed by atoms with Gasteiger partial charge in [-0.15, -0.1) is 0 Å². The Kier molecular flexibility index (Phi) is 7.42. The van der Waals surface area contributed by atoms with E-state index in [1.165, 1.54) is 24.3 Å². The first-order valence-corrected chi connectivity index (χ1v) is 11.7. The molecule has 0 bridgehead atoms. The minimum atomic E-state index is -1.74. The highest BCUT2D eigenvalue weighted by atomic mass is 16.6. The van der Waals surface area contributed by atoms with Gasteiger partial charge in [0.05, 0.1) is 18.1 Å². The Morgan fingerprint density at radius 3 is 2.35 bits per heavy atom. The first-order valence-electron chi connectivity index (χ1n) is 11.7. The molecule has 0 unspecified atom stereocenters. The van der Waals surface area contributed by atoms with Crippen molar-refractivity contribution in [3.8, 4) is 28.6 Å². The van der Waals surface area contributed by atoms with E-state index in [1.807, 2.05) is 0 Å². The topological polar surface area (TPSA) is 187 Å². The number of aliphatic hydroxyl groups excluding tert-OH is 3. The molecule has 1 aliphatic rings. The number of esters is 1. The van der Waals surface area contributed by atoms with Crippen molar-refractivity contribution in [1.29, 1.82) is 0 Å². The molecule has 1 saturated heterocycles. The number of benzene rings is 2. The predicted octanol–water partition coefficient (Wildman–Crippen LogP) is 1.69. The summed E-state index contributed by atoms with van der Waals surface area (Å²) in [6, 6.07) is 7.72. The highest BCUT2D eigenvalue weighted by Gasteiger charge is 2.49. The van der Waals surface area contributed by atoms with Crippen molar-refractivity contribution in [2.45, 2.75) is 50.8 Å². The number of hydrogen-bond acceptors (Lipinski definition) is 11. The number of ether oxygens (including phenoxy) is 2. The molecular formula is C26H28O11. The van der Waals surface area contributed by atoms with E-state index >= 15 is 0 Å². The summed E-state index contributed by atoms with van der Waals surface area (Å²) in [4.78, 5) is 25.7. The summed E-state index contributed by atoms with van der Waals surface area (Å²) in [5.74, 6) is -2.47. The van der Waals surface area contributed by atoms with Crippen molar-refractivity contribution in [3.63, 3.8) is 0 Å². The van der Waals surface area contributed by atoms with Gasteiger partial charge in [0.25, 0.3) is 0 Å². The van der Waals surface area contributed by atoms with Gasteiger partial charge in [-0.05, 0) is 30.7 Å². The number of carbonyl (C=O) groups is 1. The van der Waals surface area contributed by atoms with Crippen LogP contribution in [0.5, 0.6) is 17.2 Å². The Balaban J connectivity index is 1.94. The van der Waals surface area contributed by atoms with Gasteiger partial charge < -0.3 is 44.5 Å². The van der Waals surface area contributed by atoms with Crippen LogP contribution in [0.1, 0.15) is 31.9 Å². The fourth-order valence-corrected chi connectivity index (χ4v) is 4.24. The fraction of sp³-hybridized carbons (Fsp3) is 0.385. The molecule has 1 aliphatic heterocycles. The van der Waals surface area contributed by atoms with E-state index in [-0.39, 0.29) is 28.0 Å². The molecule has 4 rings (SSSR count).